The van der Waals surface area contributed by atoms with Gasteiger partial charge in [-0.25, -0.2) is 0 Å². The maximum atomic E-state index is 2.93. The van der Waals surface area contributed by atoms with Crippen LogP contribution in [0.2, 0.25) is 0 Å². The van der Waals surface area contributed by atoms with E-state index in [1.165, 1.54) is 15.3 Å². The zero-order chi connectivity index (χ0) is 8.43. The van der Waals surface area contributed by atoms with E-state index in [-0.39, 0.29) is 0 Å². The summed E-state index contributed by atoms with van der Waals surface area (Å²) in [7, 11) is 0. The molecule has 0 radical (unpaired) electrons. The number of aryl methyl sites for hydroxylation is 1. The maximum absolute atomic E-state index is 2.93. The molecule has 62 valence electrons. The Balaban J connectivity index is 3.05. The van der Waals surface area contributed by atoms with Gasteiger partial charge in [-0.1, -0.05) is 0 Å². The quantitative estimate of drug-likeness (QED) is 0.656. The van der Waals surface area contributed by atoms with Crippen molar-refractivity contribution in [3.8, 4) is 0 Å². The van der Waals surface area contributed by atoms with Gasteiger partial charge in [0, 0.05) is 0 Å². The van der Waals surface area contributed by atoms with Crippen molar-refractivity contribution < 1.29 is 18.3 Å². The number of benzene rings is 1. The van der Waals surface area contributed by atoms with E-state index in [0.717, 1.165) is 0 Å². The Morgan fingerprint density at radius 1 is 1.27 bits per heavy atom. The van der Waals surface area contributed by atoms with Crippen LogP contribution in [0.25, 0.3) is 0 Å². The van der Waals surface area contributed by atoms with E-state index < -0.39 is 0 Å². The van der Waals surface area contributed by atoms with Gasteiger partial charge in [-0.2, -0.15) is 0 Å². The van der Waals surface area contributed by atoms with Crippen LogP contribution >= 0.6 is 0 Å². The molecule has 0 aliphatic rings. The number of rotatable bonds is 1. The fourth-order valence-corrected chi connectivity index (χ4v) is 1.27. The van der Waals surface area contributed by atoms with Crippen LogP contribution in [-0.2, 0) is 18.3 Å². The van der Waals surface area contributed by atoms with Crippen molar-refractivity contribution in [2.45, 2.75) is 26.7 Å². The fraction of sp³-hybridized carbons (Fsp3) is 0.400. The van der Waals surface area contributed by atoms with Crippen LogP contribution < -0.4 is 4.16 Å². The van der Waals surface area contributed by atoms with Crippen LogP contribution in [0.15, 0.2) is 18.2 Å². The van der Waals surface area contributed by atoms with Crippen molar-refractivity contribution in [3.63, 3.8) is 0 Å². The first-order valence-electron chi connectivity index (χ1n) is 3.85. The Morgan fingerprint density at radius 2 is 1.91 bits per heavy atom. The van der Waals surface area contributed by atoms with Crippen LogP contribution in [-0.4, -0.2) is 0 Å². The van der Waals surface area contributed by atoms with Gasteiger partial charge < -0.3 is 0 Å². The van der Waals surface area contributed by atoms with E-state index in [4.69, 9.17) is 0 Å². The molecule has 11 heavy (non-hydrogen) atoms. The summed E-state index contributed by atoms with van der Waals surface area (Å²) in [5.41, 5.74) is 2.77. The van der Waals surface area contributed by atoms with Crippen molar-refractivity contribution in [1.29, 1.82) is 0 Å². The molecule has 1 aromatic rings. The third-order valence-electron chi connectivity index (χ3n) is 1.82. The van der Waals surface area contributed by atoms with Gasteiger partial charge >= 0.3 is 78.5 Å². The van der Waals surface area contributed by atoms with Gasteiger partial charge in [-0.15, -0.1) is 0 Å². The summed E-state index contributed by atoms with van der Waals surface area (Å²) in [6.45, 7) is 6.58. The fourth-order valence-electron chi connectivity index (χ4n) is 1.02. The molecule has 0 aromatic heterocycles. The van der Waals surface area contributed by atoms with Crippen molar-refractivity contribution in [2.75, 3.05) is 0 Å². The standard InChI is InChI=1S/C10H13.Rh/c1-8(2)10-6-4-5-9(3)7-10;/h4,6-8H,1-3H3;. The number of hydrogen-bond donors (Lipinski definition) is 0. The molecule has 0 aliphatic carbocycles. The molecule has 0 saturated heterocycles. The SMILES string of the molecule is Cc1cc(C(C)C)cc[c]1[Rh]. The first-order valence-corrected chi connectivity index (χ1v) is 4.67. The summed E-state index contributed by atoms with van der Waals surface area (Å²) in [6, 6.07) is 6.59. The van der Waals surface area contributed by atoms with E-state index in [0.29, 0.717) is 5.92 Å². The van der Waals surface area contributed by atoms with Crippen LogP contribution in [0.5, 0.6) is 0 Å². The minimum absolute atomic E-state index is 0.635. The van der Waals surface area contributed by atoms with Gasteiger partial charge in [-0.05, 0) is 0 Å². The van der Waals surface area contributed by atoms with Crippen LogP contribution in [0.3, 0.4) is 0 Å². The molecule has 0 bridgehead atoms. The zero-order valence-corrected chi connectivity index (χ0v) is 8.78. The van der Waals surface area contributed by atoms with E-state index in [1.54, 1.807) is 0 Å². The second kappa shape index (κ2) is 3.49. The Morgan fingerprint density at radius 3 is 2.36 bits per heavy atom. The molecular formula is C10H13Rh. The van der Waals surface area contributed by atoms with Crippen LogP contribution in [0, 0.1) is 6.92 Å². The Bertz CT molecular complexity index is 251. The summed E-state index contributed by atoms with van der Waals surface area (Å²) < 4.78 is 1.27. The Kier molecular flexibility index (Phi) is 2.84. The summed E-state index contributed by atoms with van der Waals surface area (Å²) in [4.78, 5) is 0. The van der Waals surface area contributed by atoms with E-state index in [1.807, 2.05) is 0 Å². The molecule has 0 heterocycles. The molecule has 0 unspecified atom stereocenters. The topological polar surface area (TPSA) is 0 Å². The minimum atomic E-state index is 0.635. The van der Waals surface area contributed by atoms with Gasteiger partial charge in [-0.3, -0.25) is 0 Å². The molecule has 0 fully saturated rings. The molecular weight excluding hydrogens is 223 g/mol. The van der Waals surface area contributed by atoms with E-state index in [2.05, 4.69) is 57.3 Å². The van der Waals surface area contributed by atoms with Crippen LogP contribution in [0.4, 0.5) is 0 Å². The Hall–Kier alpha value is -0.157. The monoisotopic (exact) mass is 236 g/mol. The van der Waals surface area contributed by atoms with E-state index in [9.17, 15) is 0 Å². The normalized spacial score (nSPS) is 10.7. The molecule has 0 atom stereocenters. The summed E-state index contributed by atoms with van der Waals surface area (Å²) in [5.74, 6) is 0.635. The first kappa shape index (κ1) is 8.94. The average molecular weight is 236 g/mol. The third-order valence-corrected chi connectivity index (χ3v) is 2.74. The predicted octanol–water partition coefficient (Wildman–Crippen LogP) is 2.29. The van der Waals surface area contributed by atoms with Gasteiger partial charge in [0.2, 0.25) is 0 Å². The van der Waals surface area contributed by atoms with Gasteiger partial charge in [0.15, 0.2) is 0 Å². The van der Waals surface area contributed by atoms with Crippen molar-refractivity contribution in [1.82, 2.24) is 0 Å². The second-order valence-electron chi connectivity index (χ2n) is 3.14. The summed E-state index contributed by atoms with van der Waals surface area (Å²) in [5, 5.41) is 0. The van der Waals surface area contributed by atoms with Crippen molar-refractivity contribution in [2.24, 2.45) is 0 Å². The van der Waals surface area contributed by atoms with Gasteiger partial charge in [0.25, 0.3) is 0 Å². The molecule has 1 rings (SSSR count). The van der Waals surface area contributed by atoms with Crippen LogP contribution in [0.1, 0.15) is 30.9 Å². The molecule has 0 aliphatic heterocycles. The first-order chi connectivity index (χ1) is 5.11. The molecule has 0 nitrogen and oxygen atoms in total. The molecule has 0 spiro atoms. The third kappa shape index (κ3) is 2.13. The Labute approximate surface area is 78.7 Å². The molecule has 0 amide bonds. The molecule has 1 aromatic carbocycles. The van der Waals surface area contributed by atoms with Crippen molar-refractivity contribution >= 4 is 4.16 Å². The number of hydrogen-bond acceptors (Lipinski definition) is 0. The predicted molar refractivity (Wildman–Crippen MR) is 44.9 cm³/mol. The average Bonchev–Trinajstić information content (AvgIpc) is 1.94. The summed E-state index contributed by atoms with van der Waals surface area (Å²) in [6.07, 6.45) is 0. The molecule has 0 N–H and O–H groups in total. The van der Waals surface area contributed by atoms with Crippen molar-refractivity contribution in [3.05, 3.63) is 29.3 Å². The summed E-state index contributed by atoms with van der Waals surface area (Å²) >= 11 is 2.93. The van der Waals surface area contributed by atoms with E-state index >= 15 is 0 Å². The molecule has 0 saturated carbocycles. The van der Waals surface area contributed by atoms with Gasteiger partial charge in [0.05, 0.1) is 0 Å². The molecule has 1 heteroatoms. The second-order valence-corrected chi connectivity index (χ2v) is 4.02. The van der Waals surface area contributed by atoms with Gasteiger partial charge in [0.1, 0.15) is 0 Å². The zero-order valence-electron chi connectivity index (χ0n) is 7.14.